The Kier molecular flexibility index (Phi) is 6.06. The van der Waals surface area contributed by atoms with Gasteiger partial charge in [-0.15, -0.1) is 11.3 Å². The van der Waals surface area contributed by atoms with Gasteiger partial charge in [-0.1, -0.05) is 27.7 Å². The molecule has 2 rings (SSSR count). The number of hydrogen-bond donors (Lipinski definition) is 1. The molecule has 1 aromatic rings. The number of nitrogens with one attached hydrogen (secondary N) is 1. The zero-order chi connectivity index (χ0) is 14.5. The Labute approximate surface area is 128 Å². The Morgan fingerprint density at radius 3 is 2.65 bits per heavy atom. The monoisotopic (exact) mass is 294 g/mol. The lowest BCUT2D eigenvalue weighted by Gasteiger charge is -2.40. The third-order valence-corrected chi connectivity index (χ3v) is 5.48. The Morgan fingerprint density at radius 1 is 1.30 bits per heavy atom. The van der Waals surface area contributed by atoms with Gasteiger partial charge in [0.1, 0.15) is 0 Å². The van der Waals surface area contributed by atoms with E-state index in [9.17, 15) is 0 Å². The van der Waals surface area contributed by atoms with E-state index in [1.165, 1.54) is 35.6 Å². The van der Waals surface area contributed by atoms with Gasteiger partial charge in [-0.2, -0.15) is 0 Å². The fourth-order valence-electron chi connectivity index (χ4n) is 3.15. The maximum absolute atomic E-state index is 3.75. The van der Waals surface area contributed by atoms with Crippen molar-refractivity contribution in [3.8, 4) is 0 Å². The largest absolute Gasteiger partial charge is 0.311 e. The first-order valence-electron chi connectivity index (χ1n) is 8.17. The number of nitrogens with zero attached hydrogens (tertiary/aromatic N) is 1. The first kappa shape index (κ1) is 16.0. The van der Waals surface area contributed by atoms with E-state index >= 15 is 0 Å². The van der Waals surface area contributed by atoms with E-state index in [4.69, 9.17) is 0 Å². The first-order valence-corrected chi connectivity index (χ1v) is 8.99. The van der Waals surface area contributed by atoms with Gasteiger partial charge >= 0.3 is 0 Å². The minimum absolute atomic E-state index is 0.670. The fraction of sp³-hybridized carbons (Fsp3) is 0.765. The molecule has 2 nitrogen and oxygen atoms in total. The predicted molar refractivity (Wildman–Crippen MR) is 89.4 cm³/mol. The van der Waals surface area contributed by atoms with Gasteiger partial charge in [0.15, 0.2) is 0 Å². The molecule has 114 valence electrons. The van der Waals surface area contributed by atoms with Gasteiger partial charge in [0.05, 0.1) is 0 Å². The molecule has 0 radical (unpaired) electrons. The van der Waals surface area contributed by atoms with Crippen molar-refractivity contribution in [2.75, 3.05) is 13.1 Å². The van der Waals surface area contributed by atoms with Gasteiger partial charge in [0.2, 0.25) is 0 Å². The van der Waals surface area contributed by atoms with E-state index in [1.54, 1.807) is 0 Å². The molecule has 0 saturated carbocycles. The molecule has 2 atom stereocenters. The number of rotatable bonds is 6. The van der Waals surface area contributed by atoms with Gasteiger partial charge < -0.3 is 5.32 Å². The van der Waals surface area contributed by atoms with Crippen molar-refractivity contribution in [3.05, 3.63) is 21.9 Å². The summed E-state index contributed by atoms with van der Waals surface area (Å²) in [5, 5.41) is 3.75. The number of aryl methyl sites for hydroxylation is 1. The smallest absolute Gasteiger partial charge is 0.0332 e. The highest BCUT2D eigenvalue weighted by molar-refractivity contribution is 7.11. The minimum Gasteiger partial charge on any atom is -0.311 e. The van der Waals surface area contributed by atoms with Crippen molar-refractivity contribution < 1.29 is 0 Å². The predicted octanol–water partition coefficient (Wildman–Crippen LogP) is 3.91. The normalized spacial score (nSPS) is 24.4. The average Bonchev–Trinajstić information content (AvgIpc) is 2.86. The van der Waals surface area contributed by atoms with Crippen LogP contribution in [0, 0.1) is 5.92 Å². The molecular formula is C17H30N2S. The Hall–Kier alpha value is -0.380. The van der Waals surface area contributed by atoms with Crippen LogP contribution in [0.3, 0.4) is 0 Å². The van der Waals surface area contributed by atoms with Crippen LogP contribution in [-0.2, 0) is 13.0 Å². The Morgan fingerprint density at radius 2 is 2.05 bits per heavy atom. The van der Waals surface area contributed by atoms with Crippen LogP contribution in [0.2, 0.25) is 0 Å². The summed E-state index contributed by atoms with van der Waals surface area (Å²) in [5.74, 6) is 0.779. The van der Waals surface area contributed by atoms with E-state index in [0.29, 0.717) is 12.1 Å². The Bertz CT molecular complexity index is 399. The standard InChI is InChI=1S/C17H30N2S/c1-5-15-10-18-14(9-13(3)4)11-19(15)12-17-8-7-16(6-2)20-17/h7-8,13-15,18H,5-6,9-12H2,1-4H3. The molecule has 3 heteroatoms. The molecule has 0 amide bonds. The molecule has 1 N–H and O–H groups in total. The summed E-state index contributed by atoms with van der Waals surface area (Å²) in [6.07, 6.45) is 3.70. The molecular weight excluding hydrogens is 264 g/mol. The average molecular weight is 295 g/mol. The van der Waals surface area contributed by atoms with E-state index in [-0.39, 0.29) is 0 Å². The van der Waals surface area contributed by atoms with E-state index < -0.39 is 0 Å². The summed E-state index contributed by atoms with van der Waals surface area (Å²) < 4.78 is 0. The highest BCUT2D eigenvalue weighted by Crippen LogP contribution is 2.22. The van der Waals surface area contributed by atoms with E-state index in [2.05, 4.69) is 50.0 Å². The molecule has 0 bridgehead atoms. The number of piperazine rings is 1. The van der Waals surface area contributed by atoms with Gasteiger partial charge in [-0.05, 0) is 37.3 Å². The van der Waals surface area contributed by atoms with Gasteiger partial charge in [0.25, 0.3) is 0 Å². The lowest BCUT2D eigenvalue weighted by Crippen LogP contribution is -2.56. The Balaban J connectivity index is 1.97. The maximum Gasteiger partial charge on any atom is 0.0332 e. The van der Waals surface area contributed by atoms with Crippen molar-refractivity contribution in [3.63, 3.8) is 0 Å². The summed E-state index contributed by atoms with van der Waals surface area (Å²) in [5.41, 5.74) is 0. The van der Waals surface area contributed by atoms with Crippen LogP contribution >= 0.6 is 11.3 Å². The quantitative estimate of drug-likeness (QED) is 0.856. The third-order valence-electron chi connectivity index (χ3n) is 4.27. The van der Waals surface area contributed by atoms with Crippen LogP contribution in [0.25, 0.3) is 0 Å². The second-order valence-electron chi connectivity index (χ2n) is 6.45. The van der Waals surface area contributed by atoms with Crippen LogP contribution in [0.4, 0.5) is 0 Å². The van der Waals surface area contributed by atoms with Crippen molar-refractivity contribution in [1.29, 1.82) is 0 Å². The molecule has 20 heavy (non-hydrogen) atoms. The molecule has 2 heterocycles. The lowest BCUT2D eigenvalue weighted by molar-refractivity contribution is 0.112. The zero-order valence-electron chi connectivity index (χ0n) is 13.5. The SMILES string of the molecule is CCc1ccc(CN2CC(CC(C)C)NCC2CC)s1. The molecule has 1 aromatic heterocycles. The van der Waals surface area contributed by atoms with Crippen LogP contribution in [0.1, 0.15) is 50.3 Å². The molecule has 1 saturated heterocycles. The highest BCUT2D eigenvalue weighted by Gasteiger charge is 2.27. The topological polar surface area (TPSA) is 15.3 Å². The van der Waals surface area contributed by atoms with Crippen LogP contribution in [0.5, 0.6) is 0 Å². The summed E-state index contributed by atoms with van der Waals surface area (Å²) >= 11 is 1.99. The fourth-order valence-corrected chi connectivity index (χ4v) is 4.13. The molecule has 2 unspecified atom stereocenters. The summed E-state index contributed by atoms with van der Waals surface area (Å²) in [7, 11) is 0. The second-order valence-corrected chi connectivity index (χ2v) is 7.70. The summed E-state index contributed by atoms with van der Waals surface area (Å²) in [6.45, 7) is 12.7. The van der Waals surface area contributed by atoms with Crippen molar-refractivity contribution in [2.45, 2.75) is 65.6 Å². The maximum atomic E-state index is 3.75. The van der Waals surface area contributed by atoms with E-state index in [1.807, 2.05) is 11.3 Å². The van der Waals surface area contributed by atoms with Crippen molar-refractivity contribution >= 4 is 11.3 Å². The first-order chi connectivity index (χ1) is 9.62. The van der Waals surface area contributed by atoms with Gasteiger partial charge in [0, 0.05) is 41.5 Å². The second kappa shape index (κ2) is 7.58. The molecule has 0 aromatic carbocycles. The van der Waals surface area contributed by atoms with Crippen LogP contribution in [-0.4, -0.2) is 30.1 Å². The number of hydrogen-bond acceptors (Lipinski definition) is 3. The zero-order valence-corrected chi connectivity index (χ0v) is 14.3. The lowest BCUT2D eigenvalue weighted by atomic mass is 9.99. The van der Waals surface area contributed by atoms with Gasteiger partial charge in [-0.3, -0.25) is 4.90 Å². The van der Waals surface area contributed by atoms with Crippen molar-refractivity contribution in [1.82, 2.24) is 10.2 Å². The van der Waals surface area contributed by atoms with Crippen LogP contribution < -0.4 is 5.32 Å². The molecule has 1 aliphatic rings. The molecule has 1 fully saturated rings. The summed E-state index contributed by atoms with van der Waals surface area (Å²) in [6, 6.07) is 6.00. The van der Waals surface area contributed by atoms with E-state index in [0.717, 1.165) is 19.0 Å². The third kappa shape index (κ3) is 4.31. The van der Waals surface area contributed by atoms with Crippen molar-refractivity contribution in [2.24, 2.45) is 5.92 Å². The highest BCUT2D eigenvalue weighted by atomic mass is 32.1. The van der Waals surface area contributed by atoms with Gasteiger partial charge in [-0.25, -0.2) is 0 Å². The molecule has 0 aliphatic carbocycles. The molecule has 1 aliphatic heterocycles. The molecule has 0 spiro atoms. The minimum atomic E-state index is 0.670. The number of thiophene rings is 1. The van der Waals surface area contributed by atoms with Crippen LogP contribution in [0.15, 0.2) is 12.1 Å². The summed E-state index contributed by atoms with van der Waals surface area (Å²) in [4.78, 5) is 5.75.